The zero-order valence-corrected chi connectivity index (χ0v) is 19.4. The Morgan fingerprint density at radius 3 is 2.36 bits per heavy atom. The standard InChI is InChI=1S/C23H28N4O6/c1-6-7-9-13-18(19-14(31-4)10-8-11-15(19)32-5)21(29)20(22(30)24-13)23-26-25-16(33-23)12-17(28)27(2)3/h8,10-11H,6-7,9,12H2,1-5H3,(H2,24,29,30). The summed E-state index contributed by atoms with van der Waals surface area (Å²) in [5, 5.41) is 19.1. The molecule has 0 unspecified atom stereocenters. The van der Waals surface area contributed by atoms with Gasteiger partial charge in [-0.15, -0.1) is 10.2 Å². The van der Waals surface area contributed by atoms with Crippen LogP contribution in [0.5, 0.6) is 17.2 Å². The summed E-state index contributed by atoms with van der Waals surface area (Å²) in [4.78, 5) is 29.2. The maximum Gasteiger partial charge on any atom is 0.264 e. The normalized spacial score (nSPS) is 10.8. The number of ether oxygens (including phenoxy) is 2. The molecular formula is C23H28N4O6. The number of amides is 1. The van der Waals surface area contributed by atoms with Crippen LogP contribution in [0.25, 0.3) is 22.6 Å². The summed E-state index contributed by atoms with van der Waals surface area (Å²) in [6.07, 6.45) is 2.07. The molecule has 3 aromatic rings. The quantitative estimate of drug-likeness (QED) is 0.503. The Kier molecular flexibility index (Phi) is 7.37. The van der Waals surface area contributed by atoms with Gasteiger partial charge in [0.15, 0.2) is 0 Å². The fraction of sp³-hybridized carbons (Fsp3) is 0.391. The largest absolute Gasteiger partial charge is 0.506 e. The number of hydrogen-bond acceptors (Lipinski definition) is 8. The first kappa shape index (κ1) is 23.8. The number of methoxy groups -OCH3 is 2. The van der Waals surface area contributed by atoms with Crippen LogP contribution in [0.4, 0.5) is 0 Å². The van der Waals surface area contributed by atoms with Gasteiger partial charge >= 0.3 is 0 Å². The summed E-state index contributed by atoms with van der Waals surface area (Å²) in [6.45, 7) is 2.03. The van der Waals surface area contributed by atoms with E-state index in [0.717, 1.165) is 12.8 Å². The first-order chi connectivity index (χ1) is 15.8. The van der Waals surface area contributed by atoms with E-state index in [0.29, 0.717) is 34.7 Å². The molecule has 0 aliphatic rings. The van der Waals surface area contributed by atoms with Crippen molar-refractivity contribution in [2.24, 2.45) is 0 Å². The Bertz CT molecular complexity index is 1180. The average molecular weight is 456 g/mol. The minimum atomic E-state index is -0.578. The van der Waals surface area contributed by atoms with Gasteiger partial charge in [0.1, 0.15) is 29.2 Å². The molecule has 1 aromatic carbocycles. The lowest BCUT2D eigenvalue weighted by Crippen LogP contribution is -2.23. The monoisotopic (exact) mass is 456 g/mol. The Morgan fingerprint density at radius 2 is 1.79 bits per heavy atom. The van der Waals surface area contributed by atoms with E-state index in [4.69, 9.17) is 13.9 Å². The van der Waals surface area contributed by atoms with Crippen molar-refractivity contribution in [2.75, 3.05) is 28.3 Å². The highest BCUT2D eigenvalue weighted by Gasteiger charge is 2.27. The molecule has 2 heterocycles. The molecule has 10 nitrogen and oxygen atoms in total. The third kappa shape index (κ3) is 4.84. The molecule has 0 spiro atoms. The molecule has 0 fully saturated rings. The maximum absolute atomic E-state index is 13.0. The molecule has 0 atom stereocenters. The second kappa shape index (κ2) is 10.2. The number of aromatic hydroxyl groups is 1. The van der Waals surface area contributed by atoms with Crippen molar-refractivity contribution in [3.63, 3.8) is 0 Å². The van der Waals surface area contributed by atoms with E-state index in [1.54, 1.807) is 32.3 Å². The number of pyridine rings is 1. The van der Waals surface area contributed by atoms with Gasteiger partial charge in [-0.05, 0) is 25.0 Å². The first-order valence-corrected chi connectivity index (χ1v) is 10.5. The van der Waals surface area contributed by atoms with Gasteiger partial charge in [0.25, 0.3) is 11.4 Å². The number of aromatic amines is 1. The van der Waals surface area contributed by atoms with Crippen molar-refractivity contribution in [1.29, 1.82) is 0 Å². The zero-order chi connectivity index (χ0) is 24.1. The Balaban J connectivity index is 2.23. The molecule has 2 N–H and O–H groups in total. The van der Waals surface area contributed by atoms with E-state index in [9.17, 15) is 14.7 Å². The molecular weight excluding hydrogens is 428 g/mol. The number of benzene rings is 1. The van der Waals surface area contributed by atoms with Gasteiger partial charge in [-0.2, -0.15) is 0 Å². The number of H-pyrrole nitrogens is 1. The van der Waals surface area contributed by atoms with Crippen molar-refractivity contribution in [1.82, 2.24) is 20.1 Å². The molecule has 3 rings (SSSR count). The van der Waals surface area contributed by atoms with Crippen LogP contribution in [0.3, 0.4) is 0 Å². The van der Waals surface area contributed by atoms with Crippen LogP contribution >= 0.6 is 0 Å². The van der Waals surface area contributed by atoms with Gasteiger partial charge in [-0.3, -0.25) is 9.59 Å². The summed E-state index contributed by atoms with van der Waals surface area (Å²) in [7, 11) is 6.25. The summed E-state index contributed by atoms with van der Waals surface area (Å²) in [6, 6.07) is 5.25. The molecule has 0 saturated carbocycles. The number of nitrogens with one attached hydrogen (secondary N) is 1. The average Bonchev–Trinajstić information content (AvgIpc) is 3.24. The number of nitrogens with zero attached hydrogens (tertiary/aromatic N) is 3. The SMILES string of the molecule is CCCCc1[nH]c(=O)c(-c2nnc(CC(=O)N(C)C)o2)c(O)c1-c1c(OC)cccc1OC. The lowest BCUT2D eigenvalue weighted by atomic mass is 9.96. The molecule has 176 valence electrons. The van der Waals surface area contributed by atoms with Crippen LogP contribution in [0, 0.1) is 0 Å². The van der Waals surface area contributed by atoms with Gasteiger partial charge in [-0.1, -0.05) is 19.4 Å². The highest BCUT2D eigenvalue weighted by Crippen LogP contribution is 2.46. The third-order valence-corrected chi connectivity index (χ3v) is 5.21. The number of aryl methyl sites for hydroxylation is 1. The molecule has 0 radical (unpaired) electrons. The van der Waals surface area contributed by atoms with Crippen LogP contribution in [-0.2, 0) is 17.6 Å². The van der Waals surface area contributed by atoms with Gasteiger partial charge in [0, 0.05) is 19.8 Å². The Labute approximate surface area is 191 Å². The Morgan fingerprint density at radius 1 is 1.12 bits per heavy atom. The van der Waals surface area contributed by atoms with Crippen molar-refractivity contribution >= 4 is 5.91 Å². The number of rotatable bonds is 9. The summed E-state index contributed by atoms with van der Waals surface area (Å²) < 4.78 is 16.6. The number of carbonyl (C=O) groups is 1. The zero-order valence-electron chi connectivity index (χ0n) is 19.4. The number of unbranched alkanes of at least 4 members (excludes halogenated alkanes) is 1. The number of aromatic nitrogens is 3. The van der Waals surface area contributed by atoms with Crippen LogP contribution in [0.2, 0.25) is 0 Å². The van der Waals surface area contributed by atoms with E-state index in [-0.39, 0.29) is 35.4 Å². The molecule has 1 amide bonds. The fourth-order valence-corrected chi connectivity index (χ4v) is 3.46. The molecule has 0 aliphatic carbocycles. The third-order valence-electron chi connectivity index (χ3n) is 5.21. The number of hydrogen-bond donors (Lipinski definition) is 2. The molecule has 0 bridgehead atoms. The minimum Gasteiger partial charge on any atom is -0.506 e. The lowest BCUT2D eigenvalue weighted by molar-refractivity contribution is -0.128. The van der Waals surface area contributed by atoms with Crippen molar-refractivity contribution < 1.29 is 23.8 Å². The highest BCUT2D eigenvalue weighted by molar-refractivity contribution is 5.87. The van der Waals surface area contributed by atoms with E-state index in [1.807, 2.05) is 6.92 Å². The van der Waals surface area contributed by atoms with Crippen molar-refractivity contribution in [2.45, 2.75) is 32.6 Å². The predicted octanol–water partition coefficient (Wildman–Crippen LogP) is 2.79. The number of likely N-dealkylation sites (N-methyl/N-ethyl adjacent to an activating group) is 1. The second-order valence-electron chi connectivity index (χ2n) is 7.64. The molecule has 33 heavy (non-hydrogen) atoms. The van der Waals surface area contributed by atoms with Gasteiger partial charge < -0.3 is 28.9 Å². The second-order valence-corrected chi connectivity index (χ2v) is 7.64. The van der Waals surface area contributed by atoms with Crippen molar-refractivity contribution in [3.05, 3.63) is 40.1 Å². The van der Waals surface area contributed by atoms with Crippen LogP contribution < -0.4 is 15.0 Å². The van der Waals surface area contributed by atoms with E-state index >= 15 is 0 Å². The Hall–Kier alpha value is -3.82. The topological polar surface area (TPSA) is 131 Å². The number of carbonyl (C=O) groups excluding carboxylic acids is 1. The van der Waals surface area contributed by atoms with Crippen molar-refractivity contribution in [3.8, 4) is 39.8 Å². The summed E-state index contributed by atoms with van der Waals surface area (Å²) in [5.41, 5.74) is 0.621. The molecule has 0 aliphatic heterocycles. The van der Waals surface area contributed by atoms with Crippen LogP contribution in [-0.4, -0.2) is 59.4 Å². The van der Waals surface area contributed by atoms with E-state index in [2.05, 4.69) is 15.2 Å². The smallest absolute Gasteiger partial charge is 0.264 e. The minimum absolute atomic E-state index is 0.0361. The summed E-state index contributed by atoms with van der Waals surface area (Å²) >= 11 is 0. The predicted molar refractivity (Wildman–Crippen MR) is 122 cm³/mol. The highest BCUT2D eigenvalue weighted by atomic mass is 16.5. The van der Waals surface area contributed by atoms with Crippen LogP contribution in [0.1, 0.15) is 31.4 Å². The maximum atomic E-state index is 13.0. The van der Waals surface area contributed by atoms with Gasteiger partial charge in [0.2, 0.25) is 11.8 Å². The summed E-state index contributed by atoms with van der Waals surface area (Å²) in [5.74, 6) is 0.201. The molecule has 10 heteroatoms. The van der Waals surface area contributed by atoms with E-state index < -0.39 is 5.56 Å². The first-order valence-electron chi connectivity index (χ1n) is 10.5. The fourth-order valence-electron chi connectivity index (χ4n) is 3.46. The van der Waals surface area contributed by atoms with Gasteiger partial charge in [-0.25, -0.2) is 0 Å². The van der Waals surface area contributed by atoms with Gasteiger partial charge in [0.05, 0.1) is 25.3 Å². The molecule has 0 saturated heterocycles. The lowest BCUT2D eigenvalue weighted by Gasteiger charge is -2.18. The molecule has 2 aromatic heterocycles. The van der Waals surface area contributed by atoms with E-state index in [1.165, 1.54) is 19.1 Å². The van der Waals surface area contributed by atoms with Crippen LogP contribution in [0.15, 0.2) is 27.4 Å².